The summed E-state index contributed by atoms with van der Waals surface area (Å²) >= 11 is 1.80. The highest BCUT2D eigenvalue weighted by Gasteiger charge is 2.14. The van der Waals surface area contributed by atoms with Gasteiger partial charge in [0.1, 0.15) is 0 Å². The molecule has 0 amide bonds. The van der Waals surface area contributed by atoms with Crippen LogP contribution in [0.3, 0.4) is 0 Å². The Labute approximate surface area is 138 Å². The summed E-state index contributed by atoms with van der Waals surface area (Å²) < 4.78 is 0. The fourth-order valence-electron chi connectivity index (χ4n) is 3.22. The quantitative estimate of drug-likeness (QED) is 0.459. The molecular weight excluding hydrogens is 292 g/mol. The van der Waals surface area contributed by atoms with E-state index in [4.69, 9.17) is 0 Å². The Morgan fingerprint density at radius 3 is 2.59 bits per heavy atom. The van der Waals surface area contributed by atoms with Crippen LogP contribution in [0.5, 0.6) is 0 Å². The van der Waals surface area contributed by atoms with Gasteiger partial charge in [-0.1, -0.05) is 25.7 Å². The number of thiazole rings is 1. The first-order chi connectivity index (χ1) is 10.7. The van der Waals surface area contributed by atoms with Crippen LogP contribution in [0.4, 0.5) is 0 Å². The maximum atomic E-state index is 4.47. The summed E-state index contributed by atoms with van der Waals surface area (Å²) in [6, 6.07) is 0. The van der Waals surface area contributed by atoms with Gasteiger partial charge in [-0.05, 0) is 32.6 Å². The first kappa shape index (κ1) is 17.3. The minimum Gasteiger partial charge on any atom is -0.356 e. The largest absolute Gasteiger partial charge is 0.356 e. The summed E-state index contributed by atoms with van der Waals surface area (Å²) in [4.78, 5) is 10.1. The molecular formula is C17H30N4S. The third kappa shape index (κ3) is 5.59. The van der Waals surface area contributed by atoms with Crippen LogP contribution in [-0.2, 0) is 6.42 Å². The van der Waals surface area contributed by atoms with E-state index < -0.39 is 0 Å². The first-order valence-corrected chi connectivity index (χ1v) is 9.38. The molecule has 124 valence electrons. The lowest BCUT2D eigenvalue weighted by Crippen LogP contribution is -2.38. The summed E-state index contributed by atoms with van der Waals surface area (Å²) in [5.74, 6) is 1.90. The number of nitrogens with one attached hydrogen (secondary N) is 2. The Balaban J connectivity index is 1.59. The molecule has 0 atom stereocenters. The Hall–Kier alpha value is -1.10. The van der Waals surface area contributed by atoms with Gasteiger partial charge in [0.25, 0.3) is 0 Å². The average Bonchev–Trinajstić information content (AvgIpc) is 3.11. The molecule has 0 bridgehead atoms. The van der Waals surface area contributed by atoms with Crippen molar-refractivity contribution in [3.05, 3.63) is 15.6 Å². The van der Waals surface area contributed by atoms with Gasteiger partial charge in [0.05, 0.1) is 10.7 Å². The number of aliphatic imine (C=N–C) groups is 1. The van der Waals surface area contributed by atoms with Crippen molar-refractivity contribution in [3.8, 4) is 0 Å². The van der Waals surface area contributed by atoms with Crippen molar-refractivity contribution in [1.29, 1.82) is 0 Å². The number of nitrogens with zero attached hydrogens (tertiary/aromatic N) is 2. The zero-order valence-corrected chi connectivity index (χ0v) is 15.1. The Bertz CT molecular complexity index is 475. The lowest BCUT2D eigenvalue weighted by molar-refractivity contribution is 0.481. The van der Waals surface area contributed by atoms with Gasteiger partial charge >= 0.3 is 0 Å². The maximum Gasteiger partial charge on any atom is 0.190 e. The molecule has 0 aliphatic heterocycles. The standard InChI is InChI=1S/C17H30N4S/c1-13-16(22-14(2)21-13)10-12-20-17(18-3)19-11-6-9-15-7-4-5-8-15/h15H,4-12H2,1-3H3,(H2,18,19,20). The molecule has 5 heteroatoms. The van der Waals surface area contributed by atoms with Crippen molar-refractivity contribution >= 4 is 17.3 Å². The van der Waals surface area contributed by atoms with Gasteiger partial charge in [0, 0.05) is 31.4 Å². The normalized spacial score (nSPS) is 16.2. The van der Waals surface area contributed by atoms with Crippen LogP contribution in [-0.4, -0.2) is 31.1 Å². The van der Waals surface area contributed by atoms with Gasteiger partial charge in [-0.15, -0.1) is 11.3 Å². The van der Waals surface area contributed by atoms with E-state index in [1.54, 1.807) is 11.3 Å². The molecule has 1 aromatic heterocycles. The fraction of sp³-hybridized carbons (Fsp3) is 0.765. The molecule has 0 aromatic carbocycles. The molecule has 0 unspecified atom stereocenters. The number of hydrogen-bond acceptors (Lipinski definition) is 3. The summed E-state index contributed by atoms with van der Waals surface area (Å²) in [5.41, 5.74) is 1.17. The van der Waals surface area contributed by atoms with E-state index in [0.29, 0.717) is 0 Å². The van der Waals surface area contributed by atoms with Crippen LogP contribution in [0.1, 0.15) is 54.1 Å². The smallest absolute Gasteiger partial charge is 0.190 e. The van der Waals surface area contributed by atoms with Crippen LogP contribution < -0.4 is 10.6 Å². The minimum absolute atomic E-state index is 0.908. The first-order valence-electron chi connectivity index (χ1n) is 8.56. The molecule has 1 heterocycles. The number of hydrogen-bond donors (Lipinski definition) is 2. The molecule has 0 saturated heterocycles. The molecule has 0 spiro atoms. The minimum atomic E-state index is 0.908. The molecule has 1 aliphatic carbocycles. The van der Waals surface area contributed by atoms with Crippen molar-refractivity contribution in [2.45, 2.75) is 58.8 Å². The highest BCUT2D eigenvalue weighted by molar-refractivity contribution is 7.11. The second-order valence-corrected chi connectivity index (χ2v) is 7.50. The second kappa shape index (κ2) is 9.13. The molecule has 1 aromatic rings. The van der Waals surface area contributed by atoms with Crippen molar-refractivity contribution in [2.24, 2.45) is 10.9 Å². The topological polar surface area (TPSA) is 49.3 Å². The second-order valence-electron chi connectivity index (χ2n) is 6.21. The van der Waals surface area contributed by atoms with Crippen LogP contribution in [0.2, 0.25) is 0 Å². The fourth-order valence-corrected chi connectivity index (χ4v) is 4.15. The van der Waals surface area contributed by atoms with E-state index in [0.717, 1.165) is 36.4 Å². The van der Waals surface area contributed by atoms with Crippen molar-refractivity contribution in [1.82, 2.24) is 15.6 Å². The third-order valence-corrected chi connectivity index (χ3v) is 5.56. The number of aryl methyl sites for hydroxylation is 2. The Kier molecular flexibility index (Phi) is 7.16. The van der Waals surface area contributed by atoms with E-state index in [1.165, 1.54) is 49.1 Å². The molecule has 2 N–H and O–H groups in total. The highest BCUT2D eigenvalue weighted by atomic mass is 32.1. The van der Waals surface area contributed by atoms with E-state index in [-0.39, 0.29) is 0 Å². The lowest BCUT2D eigenvalue weighted by atomic mass is 10.0. The maximum absolute atomic E-state index is 4.47. The summed E-state index contributed by atoms with van der Waals surface area (Å²) in [7, 11) is 1.84. The highest BCUT2D eigenvalue weighted by Crippen LogP contribution is 2.28. The Morgan fingerprint density at radius 2 is 1.95 bits per heavy atom. The number of rotatable bonds is 7. The van der Waals surface area contributed by atoms with Gasteiger partial charge < -0.3 is 10.6 Å². The summed E-state index contributed by atoms with van der Waals surface area (Å²) in [6.45, 7) is 6.09. The molecule has 2 rings (SSSR count). The zero-order valence-electron chi connectivity index (χ0n) is 14.2. The predicted octanol–water partition coefficient (Wildman–Crippen LogP) is 3.44. The van der Waals surface area contributed by atoms with Crippen molar-refractivity contribution in [3.63, 3.8) is 0 Å². The monoisotopic (exact) mass is 322 g/mol. The molecule has 22 heavy (non-hydrogen) atoms. The van der Waals surface area contributed by atoms with E-state index in [9.17, 15) is 0 Å². The van der Waals surface area contributed by atoms with E-state index in [1.807, 2.05) is 7.05 Å². The van der Waals surface area contributed by atoms with E-state index in [2.05, 4.69) is 34.5 Å². The zero-order chi connectivity index (χ0) is 15.8. The van der Waals surface area contributed by atoms with Gasteiger partial charge in [0.15, 0.2) is 5.96 Å². The molecule has 1 aliphatic rings. The van der Waals surface area contributed by atoms with Crippen molar-refractivity contribution < 1.29 is 0 Å². The van der Waals surface area contributed by atoms with E-state index >= 15 is 0 Å². The van der Waals surface area contributed by atoms with Crippen LogP contribution in [0, 0.1) is 19.8 Å². The van der Waals surface area contributed by atoms with Gasteiger partial charge in [-0.3, -0.25) is 4.99 Å². The summed E-state index contributed by atoms with van der Waals surface area (Å²) in [5, 5.41) is 7.98. The van der Waals surface area contributed by atoms with Gasteiger partial charge in [-0.2, -0.15) is 0 Å². The van der Waals surface area contributed by atoms with Crippen LogP contribution in [0.15, 0.2) is 4.99 Å². The van der Waals surface area contributed by atoms with Crippen LogP contribution in [0.25, 0.3) is 0 Å². The number of aromatic nitrogens is 1. The number of guanidine groups is 1. The molecule has 1 fully saturated rings. The molecule has 0 radical (unpaired) electrons. The van der Waals surface area contributed by atoms with Gasteiger partial charge in [-0.25, -0.2) is 4.98 Å². The van der Waals surface area contributed by atoms with Crippen LogP contribution >= 0.6 is 11.3 Å². The summed E-state index contributed by atoms with van der Waals surface area (Å²) in [6.07, 6.45) is 9.40. The molecule has 4 nitrogen and oxygen atoms in total. The molecule has 1 saturated carbocycles. The van der Waals surface area contributed by atoms with Crippen molar-refractivity contribution in [2.75, 3.05) is 20.1 Å². The third-order valence-electron chi connectivity index (χ3n) is 4.42. The average molecular weight is 323 g/mol. The lowest BCUT2D eigenvalue weighted by Gasteiger charge is -2.13. The SMILES string of the molecule is CN=C(NCCCC1CCCC1)NCCc1sc(C)nc1C. The Morgan fingerprint density at radius 1 is 1.23 bits per heavy atom. The van der Waals surface area contributed by atoms with Gasteiger partial charge in [0.2, 0.25) is 0 Å². The predicted molar refractivity (Wildman–Crippen MR) is 95.8 cm³/mol.